The quantitative estimate of drug-likeness (QED) is 0.251. The summed E-state index contributed by atoms with van der Waals surface area (Å²) >= 11 is 0. The number of carbonyl (C=O) groups excluding carboxylic acids is 1. The number of carbonyl (C=O) groups is 3. The first-order valence-electron chi connectivity index (χ1n) is 8.22. The number of ether oxygens (including phenoxy) is 3. The molecule has 9 nitrogen and oxygen atoms in total. The maximum absolute atomic E-state index is 11.9. The Morgan fingerprint density at radius 2 is 1.81 bits per heavy atom. The van der Waals surface area contributed by atoms with E-state index in [1.165, 1.54) is 0 Å². The normalized spacial score (nSPS) is 19.2. The number of hydrogen-bond donors (Lipinski definition) is 3. The van der Waals surface area contributed by atoms with Crippen LogP contribution in [0.2, 0.25) is 0 Å². The molecule has 0 amide bonds. The van der Waals surface area contributed by atoms with Crippen LogP contribution in [0.1, 0.15) is 54.3 Å². The molecule has 2 unspecified atom stereocenters. The molecule has 0 radical (unpaired) electrons. The van der Waals surface area contributed by atoms with Gasteiger partial charge in [-0.05, 0) is 46.5 Å². The standard InChI is InChI=1S/C16H27NO8.Li.H/c1-15(2,3)25-12(18)10(17)7-8-16(13(19)20,14(21)22)24-11-6-4-5-9-23-11;;/h10-11H,4-9,17H2,1-3H3,(H,19,20)(H,21,22);;/q;+1;-1. The van der Waals surface area contributed by atoms with E-state index < -0.39 is 47.9 Å². The first-order valence-corrected chi connectivity index (χ1v) is 8.22. The Bertz CT molecular complexity index is 491. The predicted molar refractivity (Wildman–Crippen MR) is 86.8 cm³/mol. The molecule has 0 aliphatic carbocycles. The molecule has 0 aromatic rings. The number of carboxylic acids is 2. The summed E-state index contributed by atoms with van der Waals surface area (Å²) in [5, 5.41) is 18.9. The van der Waals surface area contributed by atoms with Gasteiger partial charge in [0.25, 0.3) is 5.60 Å². The monoisotopic (exact) mass is 369 g/mol. The summed E-state index contributed by atoms with van der Waals surface area (Å²) < 4.78 is 15.7. The summed E-state index contributed by atoms with van der Waals surface area (Å²) in [5.74, 6) is -4.05. The van der Waals surface area contributed by atoms with Crippen molar-refractivity contribution in [1.82, 2.24) is 0 Å². The fourth-order valence-electron chi connectivity index (χ4n) is 2.35. The van der Waals surface area contributed by atoms with Gasteiger partial charge >= 0.3 is 36.8 Å². The molecule has 1 aliphatic rings. The molecule has 1 fully saturated rings. The Morgan fingerprint density at radius 3 is 2.23 bits per heavy atom. The Hall–Kier alpha value is -1.11. The molecule has 0 spiro atoms. The van der Waals surface area contributed by atoms with Gasteiger partial charge in [-0.1, -0.05) is 0 Å². The van der Waals surface area contributed by atoms with Gasteiger partial charge in [-0.15, -0.1) is 0 Å². The van der Waals surface area contributed by atoms with E-state index in [1.807, 2.05) is 0 Å². The average Bonchev–Trinajstić information content (AvgIpc) is 2.49. The molecule has 1 heterocycles. The molecule has 1 rings (SSSR count). The third-order valence-corrected chi connectivity index (χ3v) is 3.68. The van der Waals surface area contributed by atoms with E-state index >= 15 is 0 Å². The SMILES string of the molecule is CC(C)(C)OC(=O)C(N)CCC(OC1CCCCO1)(C(=O)O)C(=O)O.[H-].[Li+]. The Morgan fingerprint density at radius 1 is 1.23 bits per heavy atom. The van der Waals surface area contributed by atoms with Gasteiger partial charge in [0.05, 0.1) is 0 Å². The zero-order valence-corrected chi connectivity index (χ0v) is 15.8. The maximum atomic E-state index is 11.9. The van der Waals surface area contributed by atoms with Gasteiger partial charge in [0.1, 0.15) is 11.6 Å². The summed E-state index contributed by atoms with van der Waals surface area (Å²) in [4.78, 5) is 35.2. The zero-order valence-electron chi connectivity index (χ0n) is 16.8. The third kappa shape index (κ3) is 7.25. The van der Waals surface area contributed by atoms with Crippen LogP contribution >= 0.6 is 0 Å². The summed E-state index contributed by atoms with van der Waals surface area (Å²) in [6.07, 6.45) is 0.325. The molecule has 0 saturated carbocycles. The second-order valence-electron chi connectivity index (χ2n) is 7.03. The zero-order chi connectivity index (χ0) is 19.3. The second-order valence-corrected chi connectivity index (χ2v) is 7.03. The van der Waals surface area contributed by atoms with E-state index in [1.54, 1.807) is 20.8 Å². The van der Waals surface area contributed by atoms with Crippen LogP contribution in [0.3, 0.4) is 0 Å². The topological polar surface area (TPSA) is 145 Å². The molecule has 146 valence electrons. The molecule has 10 heteroatoms. The Kier molecular flexibility index (Phi) is 9.84. The largest absolute Gasteiger partial charge is 1.00 e. The number of nitrogens with two attached hydrogens (primary N) is 1. The first-order chi connectivity index (χ1) is 11.5. The van der Waals surface area contributed by atoms with E-state index in [-0.39, 0.29) is 26.7 Å². The number of rotatable bonds is 8. The molecule has 4 N–H and O–H groups in total. The van der Waals surface area contributed by atoms with Crippen molar-refractivity contribution in [2.75, 3.05) is 6.61 Å². The van der Waals surface area contributed by atoms with Crippen LogP contribution in [-0.4, -0.2) is 58.3 Å². The average molecular weight is 369 g/mol. The number of esters is 1. The van der Waals surface area contributed by atoms with Crippen LogP contribution in [0.25, 0.3) is 0 Å². The minimum atomic E-state index is -2.53. The van der Waals surface area contributed by atoms with Gasteiger partial charge in [0.2, 0.25) is 0 Å². The summed E-state index contributed by atoms with van der Waals surface area (Å²) in [7, 11) is 0. The van der Waals surface area contributed by atoms with Crippen LogP contribution in [0.15, 0.2) is 0 Å². The molecule has 0 aromatic heterocycles. The third-order valence-electron chi connectivity index (χ3n) is 3.68. The van der Waals surface area contributed by atoms with Gasteiger partial charge < -0.3 is 31.6 Å². The molecule has 0 aromatic carbocycles. The van der Waals surface area contributed by atoms with Crippen LogP contribution in [0.5, 0.6) is 0 Å². The van der Waals surface area contributed by atoms with Crippen molar-refractivity contribution in [3.05, 3.63) is 0 Å². The van der Waals surface area contributed by atoms with E-state index in [0.29, 0.717) is 13.0 Å². The van der Waals surface area contributed by atoms with Crippen molar-refractivity contribution in [2.24, 2.45) is 5.73 Å². The van der Waals surface area contributed by atoms with Gasteiger partial charge in [-0.2, -0.15) is 0 Å². The van der Waals surface area contributed by atoms with Crippen LogP contribution in [0, 0.1) is 0 Å². The van der Waals surface area contributed by atoms with Crippen molar-refractivity contribution >= 4 is 17.9 Å². The maximum Gasteiger partial charge on any atom is 1.00 e. The van der Waals surface area contributed by atoms with E-state index in [4.69, 9.17) is 19.9 Å². The van der Waals surface area contributed by atoms with Gasteiger partial charge in [-0.25, -0.2) is 9.59 Å². The minimum absolute atomic E-state index is 0. The van der Waals surface area contributed by atoms with Crippen molar-refractivity contribution < 1.29 is 59.1 Å². The Labute approximate surface area is 166 Å². The molecule has 26 heavy (non-hydrogen) atoms. The van der Waals surface area contributed by atoms with Crippen LogP contribution in [0.4, 0.5) is 0 Å². The minimum Gasteiger partial charge on any atom is -1.00 e. The van der Waals surface area contributed by atoms with Gasteiger partial charge in [0.15, 0.2) is 6.29 Å². The summed E-state index contributed by atoms with van der Waals surface area (Å²) in [6, 6.07) is -1.16. The smallest absolute Gasteiger partial charge is 1.00 e. The molecule has 2 atom stereocenters. The van der Waals surface area contributed by atoms with Crippen molar-refractivity contribution in [3.63, 3.8) is 0 Å². The molecular formula is C16H28LiNO8. The summed E-state index contributed by atoms with van der Waals surface area (Å²) in [5.41, 5.74) is 2.44. The van der Waals surface area contributed by atoms with E-state index in [0.717, 1.165) is 12.8 Å². The number of carboxylic acid groups (broad SMARTS) is 2. The van der Waals surface area contributed by atoms with Crippen molar-refractivity contribution in [2.45, 2.75) is 76.4 Å². The van der Waals surface area contributed by atoms with Crippen LogP contribution < -0.4 is 24.6 Å². The molecule has 0 bridgehead atoms. The van der Waals surface area contributed by atoms with Crippen molar-refractivity contribution in [3.8, 4) is 0 Å². The fourth-order valence-corrected chi connectivity index (χ4v) is 2.35. The fraction of sp³-hybridized carbons (Fsp3) is 0.812. The van der Waals surface area contributed by atoms with Gasteiger partial charge in [0, 0.05) is 13.0 Å². The Balaban J connectivity index is 0. The molecule has 1 aliphatic heterocycles. The van der Waals surface area contributed by atoms with Crippen LogP contribution in [-0.2, 0) is 28.6 Å². The first kappa shape index (κ1) is 24.9. The second kappa shape index (κ2) is 10.3. The predicted octanol–water partition coefficient (Wildman–Crippen LogP) is -2.00. The van der Waals surface area contributed by atoms with E-state index in [2.05, 4.69) is 0 Å². The number of aliphatic carboxylic acids is 2. The molecule has 1 saturated heterocycles. The number of hydrogen-bond acceptors (Lipinski definition) is 7. The van der Waals surface area contributed by atoms with Crippen molar-refractivity contribution in [1.29, 1.82) is 0 Å². The van der Waals surface area contributed by atoms with Gasteiger partial charge in [-0.3, -0.25) is 4.79 Å². The summed E-state index contributed by atoms with van der Waals surface area (Å²) in [6.45, 7) is 5.37. The van der Waals surface area contributed by atoms with E-state index in [9.17, 15) is 24.6 Å². The molecular weight excluding hydrogens is 341 g/mol.